The Morgan fingerprint density at radius 2 is 0.909 bits per heavy atom. The number of carboxylic acid groups (broad SMARTS) is 2. The Labute approximate surface area is 257 Å². The highest BCUT2D eigenvalue weighted by atomic mass is 16.4. The third kappa shape index (κ3) is 11.2. The van der Waals surface area contributed by atoms with E-state index in [4.69, 9.17) is 10.2 Å². The highest BCUT2D eigenvalue weighted by molar-refractivity contribution is 5.91. The predicted octanol–water partition coefficient (Wildman–Crippen LogP) is 2.16. The maximum Gasteiger partial charge on any atom is 0.335 e. The van der Waals surface area contributed by atoms with Crippen molar-refractivity contribution in [1.29, 1.82) is 0 Å². The summed E-state index contributed by atoms with van der Waals surface area (Å²) in [6.07, 6.45) is 1.21. The first-order valence-electron chi connectivity index (χ1n) is 14.6. The Morgan fingerprint density at radius 3 is 1.18 bits per heavy atom. The summed E-state index contributed by atoms with van der Waals surface area (Å²) in [7, 11) is 0. The summed E-state index contributed by atoms with van der Waals surface area (Å²) in [5, 5.41) is 29.1. The Balaban J connectivity index is 1.89. The summed E-state index contributed by atoms with van der Waals surface area (Å²) < 4.78 is 0. The molecule has 0 aliphatic rings. The minimum Gasteiger partial charge on any atom is -0.478 e. The van der Waals surface area contributed by atoms with Gasteiger partial charge in [0.2, 0.25) is 23.6 Å². The van der Waals surface area contributed by atoms with Crippen LogP contribution in [0.15, 0.2) is 48.5 Å². The van der Waals surface area contributed by atoms with E-state index in [2.05, 4.69) is 21.3 Å². The molecule has 12 heteroatoms. The largest absolute Gasteiger partial charge is 0.478 e. The van der Waals surface area contributed by atoms with Crippen molar-refractivity contribution in [2.45, 2.75) is 65.5 Å². The molecule has 238 valence electrons. The molecule has 0 bridgehead atoms. The second-order valence-corrected chi connectivity index (χ2v) is 10.8. The first kappa shape index (κ1) is 35.5. The number of hydrogen-bond acceptors (Lipinski definition) is 6. The molecule has 2 unspecified atom stereocenters. The van der Waals surface area contributed by atoms with Crippen molar-refractivity contribution in [3.63, 3.8) is 0 Å². The zero-order chi connectivity index (χ0) is 32.8. The molecule has 0 saturated heterocycles. The van der Waals surface area contributed by atoms with E-state index >= 15 is 0 Å². The molecular formula is C32H42N4O8. The fourth-order valence-electron chi connectivity index (χ4n) is 4.35. The van der Waals surface area contributed by atoms with Gasteiger partial charge in [0.15, 0.2) is 0 Å². The van der Waals surface area contributed by atoms with Gasteiger partial charge in [0.1, 0.15) is 12.1 Å². The van der Waals surface area contributed by atoms with Crippen molar-refractivity contribution in [2.24, 2.45) is 11.8 Å². The van der Waals surface area contributed by atoms with Crippen LogP contribution in [-0.2, 0) is 32.0 Å². The van der Waals surface area contributed by atoms with Gasteiger partial charge in [-0.3, -0.25) is 19.2 Å². The number of aromatic carboxylic acids is 2. The van der Waals surface area contributed by atoms with Crippen LogP contribution in [0.3, 0.4) is 0 Å². The number of carbonyl (C=O) groups excluding carboxylic acids is 4. The van der Waals surface area contributed by atoms with Crippen LogP contribution in [0.5, 0.6) is 0 Å². The lowest BCUT2D eigenvalue weighted by Gasteiger charge is -2.25. The fraction of sp³-hybridized carbons (Fsp3) is 0.438. The Morgan fingerprint density at radius 1 is 0.591 bits per heavy atom. The molecule has 2 aromatic carbocycles. The molecule has 44 heavy (non-hydrogen) atoms. The zero-order valence-corrected chi connectivity index (χ0v) is 25.5. The van der Waals surface area contributed by atoms with Crippen LogP contribution >= 0.6 is 0 Å². The minimum absolute atomic E-state index is 0.0213. The summed E-state index contributed by atoms with van der Waals surface area (Å²) >= 11 is 0. The number of benzene rings is 2. The second kappa shape index (κ2) is 17.4. The smallest absolute Gasteiger partial charge is 0.335 e. The van der Waals surface area contributed by atoms with Gasteiger partial charge < -0.3 is 31.5 Å². The van der Waals surface area contributed by atoms with E-state index in [0.29, 0.717) is 24.0 Å². The second-order valence-electron chi connectivity index (χ2n) is 10.8. The summed E-state index contributed by atoms with van der Waals surface area (Å²) in [5.41, 5.74) is 1.44. The monoisotopic (exact) mass is 610 g/mol. The van der Waals surface area contributed by atoms with Crippen LogP contribution in [0, 0.1) is 11.8 Å². The molecule has 12 nitrogen and oxygen atoms in total. The van der Waals surface area contributed by atoms with E-state index in [9.17, 15) is 28.8 Å². The maximum absolute atomic E-state index is 13.0. The Bertz CT molecular complexity index is 1210. The lowest BCUT2D eigenvalue weighted by atomic mass is 9.97. The SMILES string of the molecule is CCC(C)[C@H](NC(=O)Cc1ccc(C(=O)O)cc1)C(=O)NCCNC(=O)[C@@H](NC(=O)Cc1ccc(C(=O)O)cc1)C(C)CC. The summed E-state index contributed by atoms with van der Waals surface area (Å²) in [6.45, 7) is 7.68. The number of nitrogens with one attached hydrogen (secondary N) is 4. The van der Waals surface area contributed by atoms with Crippen LogP contribution in [0.1, 0.15) is 72.4 Å². The van der Waals surface area contributed by atoms with Crippen molar-refractivity contribution in [2.75, 3.05) is 13.1 Å². The van der Waals surface area contributed by atoms with Crippen molar-refractivity contribution < 1.29 is 39.0 Å². The molecule has 4 amide bonds. The summed E-state index contributed by atoms with van der Waals surface area (Å²) in [6, 6.07) is 10.3. The first-order valence-corrected chi connectivity index (χ1v) is 14.6. The molecular weight excluding hydrogens is 568 g/mol. The molecule has 0 aliphatic carbocycles. The molecule has 0 aliphatic heterocycles. The van der Waals surface area contributed by atoms with Crippen LogP contribution in [0.25, 0.3) is 0 Å². The quantitative estimate of drug-likeness (QED) is 0.147. The third-order valence-corrected chi connectivity index (χ3v) is 7.48. The average Bonchev–Trinajstić information content (AvgIpc) is 3.00. The molecule has 0 fully saturated rings. The van der Waals surface area contributed by atoms with Gasteiger partial charge >= 0.3 is 11.9 Å². The first-order chi connectivity index (χ1) is 20.9. The van der Waals surface area contributed by atoms with Gasteiger partial charge in [-0.1, -0.05) is 64.8 Å². The van der Waals surface area contributed by atoms with Gasteiger partial charge in [-0.15, -0.1) is 0 Å². The Kier molecular flexibility index (Phi) is 14.0. The van der Waals surface area contributed by atoms with Gasteiger partial charge in [0, 0.05) is 13.1 Å². The number of carbonyl (C=O) groups is 6. The number of carboxylic acids is 2. The van der Waals surface area contributed by atoms with Gasteiger partial charge in [-0.2, -0.15) is 0 Å². The lowest BCUT2D eigenvalue weighted by Crippen LogP contribution is -2.53. The normalized spacial score (nSPS) is 13.5. The lowest BCUT2D eigenvalue weighted by molar-refractivity contribution is -0.130. The molecule has 0 spiro atoms. The highest BCUT2D eigenvalue weighted by Gasteiger charge is 2.27. The van der Waals surface area contributed by atoms with Gasteiger partial charge in [-0.25, -0.2) is 9.59 Å². The van der Waals surface area contributed by atoms with E-state index in [1.54, 1.807) is 24.3 Å². The van der Waals surface area contributed by atoms with Gasteiger partial charge in [0.05, 0.1) is 24.0 Å². The Hall–Kier alpha value is -4.74. The van der Waals surface area contributed by atoms with Crippen molar-refractivity contribution in [3.8, 4) is 0 Å². The van der Waals surface area contributed by atoms with E-state index < -0.39 is 35.8 Å². The summed E-state index contributed by atoms with van der Waals surface area (Å²) in [4.78, 5) is 73.4. The molecule has 0 heterocycles. The molecule has 2 aromatic rings. The molecule has 4 atom stereocenters. The number of rotatable bonds is 17. The topological polar surface area (TPSA) is 191 Å². The van der Waals surface area contributed by atoms with Crippen LogP contribution in [0.2, 0.25) is 0 Å². The molecule has 2 rings (SSSR count). The van der Waals surface area contributed by atoms with E-state index in [1.165, 1.54) is 24.3 Å². The van der Waals surface area contributed by atoms with E-state index in [1.807, 2.05) is 27.7 Å². The molecule has 6 N–H and O–H groups in total. The van der Waals surface area contributed by atoms with Crippen molar-refractivity contribution >= 4 is 35.6 Å². The van der Waals surface area contributed by atoms with E-state index in [0.717, 1.165) is 0 Å². The predicted molar refractivity (Wildman–Crippen MR) is 163 cm³/mol. The standard InChI is InChI=1S/C32H42N4O8/c1-5-19(3)27(35-25(37)17-21-7-11-23(12-8-21)31(41)42)29(39)33-15-16-34-30(40)28(20(4)6-2)36-26(38)18-22-9-13-24(14-10-22)32(43)44/h7-14,19-20,27-28H,5-6,15-18H2,1-4H3,(H,33,39)(H,34,40)(H,35,37)(H,36,38)(H,41,42)(H,43,44)/t19?,20?,27-,28-/m0/s1. The maximum atomic E-state index is 13.0. The van der Waals surface area contributed by atoms with Gasteiger partial charge in [0.25, 0.3) is 0 Å². The van der Waals surface area contributed by atoms with Crippen LogP contribution < -0.4 is 21.3 Å². The molecule has 0 radical (unpaired) electrons. The van der Waals surface area contributed by atoms with Crippen LogP contribution in [-0.4, -0.2) is 71.0 Å². The third-order valence-electron chi connectivity index (χ3n) is 7.48. The highest BCUT2D eigenvalue weighted by Crippen LogP contribution is 2.12. The molecule has 0 saturated carbocycles. The average molecular weight is 611 g/mol. The molecule has 0 aromatic heterocycles. The fourth-order valence-corrected chi connectivity index (χ4v) is 4.35. The van der Waals surface area contributed by atoms with Crippen molar-refractivity contribution in [3.05, 3.63) is 70.8 Å². The van der Waals surface area contributed by atoms with E-state index in [-0.39, 0.29) is 60.7 Å². The zero-order valence-electron chi connectivity index (χ0n) is 25.5. The van der Waals surface area contributed by atoms with Gasteiger partial charge in [-0.05, 0) is 47.2 Å². The van der Waals surface area contributed by atoms with Crippen LogP contribution in [0.4, 0.5) is 0 Å². The minimum atomic E-state index is -1.06. The summed E-state index contributed by atoms with van der Waals surface area (Å²) in [5.74, 6) is -4.03. The number of amides is 4. The number of hydrogen-bond donors (Lipinski definition) is 6. The van der Waals surface area contributed by atoms with Crippen molar-refractivity contribution in [1.82, 2.24) is 21.3 Å².